The predicted molar refractivity (Wildman–Crippen MR) is 82.2 cm³/mol. The molecule has 1 aliphatic heterocycles. The van der Waals surface area contributed by atoms with Gasteiger partial charge in [0.25, 0.3) is 0 Å². The van der Waals surface area contributed by atoms with E-state index in [1.54, 1.807) is 6.20 Å². The topological polar surface area (TPSA) is 54.5 Å². The maximum atomic E-state index is 12.2. The lowest BCUT2D eigenvalue weighted by Crippen LogP contribution is -2.44. The second kappa shape index (κ2) is 7.29. The minimum Gasteiger partial charge on any atom is -0.475 e. The quantitative estimate of drug-likeness (QED) is 0.928. The molecule has 0 aromatic carbocycles. The summed E-state index contributed by atoms with van der Waals surface area (Å²) in [7, 11) is 0. The Morgan fingerprint density at radius 1 is 1.57 bits per heavy atom. The van der Waals surface area contributed by atoms with Crippen molar-refractivity contribution in [2.75, 3.05) is 13.1 Å². The van der Waals surface area contributed by atoms with Crippen LogP contribution in [-0.4, -0.2) is 35.1 Å². The average molecular weight is 291 g/mol. The number of hydrogen-bond donors (Lipinski definition) is 1. The molecular formula is C16H25N3O2. The summed E-state index contributed by atoms with van der Waals surface area (Å²) in [5.74, 6) is 1.18. The van der Waals surface area contributed by atoms with Gasteiger partial charge in [-0.25, -0.2) is 9.78 Å². The molecule has 1 aliphatic rings. The fourth-order valence-electron chi connectivity index (χ4n) is 2.54. The maximum Gasteiger partial charge on any atom is 0.317 e. The van der Waals surface area contributed by atoms with Crippen molar-refractivity contribution in [2.45, 2.75) is 46.3 Å². The number of hydrogen-bond acceptors (Lipinski definition) is 3. The van der Waals surface area contributed by atoms with Crippen LogP contribution in [0.4, 0.5) is 4.79 Å². The Morgan fingerprint density at radius 3 is 3.10 bits per heavy atom. The maximum absolute atomic E-state index is 12.2. The van der Waals surface area contributed by atoms with Crippen molar-refractivity contribution in [2.24, 2.45) is 5.92 Å². The lowest BCUT2D eigenvalue weighted by atomic mass is 10.0. The van der Waals surface area contributed by atoms with Crippen LogP contribution < -0.4 is 10.1 Å². The van der Waals surface area contributed by atoms with E-state index in [-0.39, 0.29) is 12.1 Å². The van der Waals surface area contributed by atoms with E-state index in [2.05, 4.69) is 17.2 Å². The van der Waals surface area contributed by atoms with Crippen LogP contribution in [0.1, 0.15) is 39.2 Å². The third kappa shape index (κ3) is 4.62. The summed E-state index contributed by atoms with van der Waals surface area (Å²) in [5, 5.41) is 2.97. The summed E-state index contributed by atoms with van der Waals surface area (Å²) >= 11 is 0. The number of aromatic nitrogens is 1. The number of rotatable bonds is 4. The first-order valence-electron chi connectivity index (χ1n) is 7.69. The summed E-state index contributed by atoms with van der Waals surface area (Å²) in [6, 6.07) is 3.79. The molecule has 1 atom stereocenters. The third-order valence-corrected chi connectivity index (χ3v) is 3.57. The highest BCUT2D eigenvalue weighted by atomic mass is 16.5. The van der Waals surface area contributed by atoms with Gasteiger partial charge >= 0.3 is 6.03 Å². The number of nitrogens with one attached hydrogen (secondary N) is 1. The van der Waals surface area contributed by atoms with Crippen molar-refractivity contribution in [3.05, 3.63) is 23.9 Å². The third-order valence-electron chi connectivity index (χ3n) is 3.57. The molecule has 2 rings (SSSR count). The Labute approximate surface area is 126 Å². The van der Waals surface area contributed by atoms with Crippen LogP contribution in [0.15, 0.2) is 18.3 Å². The van der Waals surface area contributed by atoms with E-state index in [4.69, 9.17) is 4.74 Å². The van der Waals surface area contributed by atoms with Crippen molar-refractivity contribution >= 4 is 6.03 Å². The van der Waals surface area contributed by atoms with E-state index in [0.717, 1.165) is 25.1 Å². The number of urea groups is 1. The van der Waals surface area contributed by atoms with E-state index in [0.29, 0.717) is 18.3 Å². The second-order valence-electron chi connectivity index (χ2n) is 5.99. The summed E-state index contributed by atoms with van der Waals surface area (Å²) in [6.45, 7) is 8.25. The van der Waals surface area contributed by atoms with Crippen LogP contribution in [0.2, 0.25) is 0 Å². The SMILES string of the molecule is CC1CCCN(C(=O)NCc2cccnc2OC(C)C)C1. The zero-order chi connectivity index (χ0) is 15.2. The van der Waals surface area contributed by atoms with Gasteiger partial charge in [0, 0.05) is 31.4 Å². The Balaban J connectivity index is 1.91. The highest BCUT2D eigenvalue weighted by Crippen LogP contribution is 2.17. The molecule has 0 aliphatic carbocycles. The number of carbonyl (C=O) groups excluding carboxylic acids is 1. The van der Waals surface area contributed by atoms with E-state index >= 15 is 0 Å². The molecule has 1 unspecified atom stereocenters. The predicted octanol–water partition coefficient (Wildman–Crippen LogP) is 2.81. The average Bonchev–Trinajstić information content (AvgIpc) is 2.45. The van der Waals surface area contributed by atoms with Gasteiger partial charge < -0.3 is 15.0 Å². The van der Waals surface area contributed by atoms with Crippen molar-refractivity contribution in [1.29, 1.82) is 0 Å². The number of likely N-dealkylation sites (tertiary alicyclic amines) is 1. The molecule has 5 nitrogen and oxygen atoms in total. The van der Waals surface area contributed by atoms with Gasteiger partial charge in [-0.3, -0.25) is 0 Å². The molecule has 0 radical (unpaired) electrons. The molecule has 1 aromatic rings. The number of ether oxygens (including phenoxy) is 1. The first kappa shape index (κ1) is 15.6. The number of amides is 2. The highest BCUT2D eigenvalue weighted by Gasteiger charge is 2.20. The van der Waals surface area contributed by atoms with Crippen LogP contribution in [0.3, 0.4) is 0 Å². The van der Waals surface area contributed by atoms with Gasteiger partial charge in [-0.2, -0.15) is 0 Å². The van der Waals surface area contributed by atoms with Crippen molar-refractivity contribution in [3.8, 4) is 5.88 Å². The van der Waals surface area contributed by atoms with Gasteiger partial charge in [0.05, 0.1) is 6.10 Å². The Hall–Kier alpha value is -1.78. The van der Waals surface area contributed by atoms with E-state index in [1.165, 1.54) is 6.42 Å². The standard InChI is InChI=1S/C16H25N3O2/c1-12(2)21-15-14(7-4-8-17-15)10-18-16(20)19-9-5-6-13(3)11-19/h4,7-8,12-13H,5-6,9-11H2,1-3H3,(H,18,20). The highest BCUT2D eigenvalue weighted by molar-refractivity contribution is 5.74. The number of carbonyl (C=O) groups is 1. The van der Waals surface area contributed by atoms with Crippen LogP contribution in [0.5, 0.6) is 5.88 Å². The molecule has 116 valence electrons. The van der Waals surface area contributed by atoms with Crippen molar-refractivity contribution in [3.63, 3.8) is 0 Å². The van der Waals surface area contributed by atoms with E-state index in [9.17, 15) is 4.79 Å². The van der Waals surface area contributed by atoms with Crippen molar-refractivity contribution < 1.29 is 9.53 Å². The lowest BCUT2D eigenvalue weighted by molar-refractivity contribution is 0.169. The Bertz CT molecular complexity index is 476. The molecule has 21 heavy (non-hydrogen) atoms. The normalized spacial score (nSPS) is 18.7. The number of piperidine rings is 1. The summed E-state index contributed by atoms with van der Waals surface area (Å²) in [6.07, 6.45) is 4.06. The molecule has 1 aromatic heterocycles. The molecule has 2 amide bonds. The second-order valence-corrected chi connectivity index (χ2v) is 5.99. The van der Waals surface area contributed by atoms with Gasteiger partial charge in [0.2, 0.25) is 5.88 Å². The van der Waals surface area contributed by atoms with Gasteiger partial charge in [0.1, 0.15) is 0 Å². The summed E-state index contributed by atoms with van der Waals surface area (Å²) in [5.41, 5.74) is 0.907. The summed E-state index contributed by atoms with van der Waals surface area (Å²) < 4.78 is 5.66. The van der Waals surface area contributed by atoms with Gasteiger partial charge in [-0.15, -0.1) is 0 Å². The monoisotopic (exact) mass is 291 g/mol. The fraction of sp³-hybridized carbons (Fsp3) is 0.625. The number of pyridine rings is 1. The fourth-order valence-corrected chi connectivity index (χ4v) is 2.54. The van der Waals surface area contributed by atoms with Gasteiger partial charge in [0.15, 0.2) is 0 Å². The van der Waals surface area contributed by atoms with Gasteiger partial charge in [-0.1, -0.05) is 13.0 Å². The minimum atomic E-state index is 0.000833. The van der Waals surface area contributed by atoms with Gasteiger partial charge in [-0.05, 0) is 38.7 Å². The Morgan fingerprint density at radius 2 is 2.38 bits per heavy atom. The molecule has 0 bridgehead atoms. The van der Waals surface area contributed by atoms with Crippen LogP contribution >= 0.6 is 0 Å². The zero-order valence-corrected chi connectivity index (χ0v) is 13.1. The molecule has 0 saturated carbocycles. The molecule has 2 heterocycles. The molecular weight excluding hydrogens is 266 g/mol. The van der Waals surface area contributed by atoms with E-state index < -0.39 is 0 Å². The molecule has 1 N–H and O–H groups in total. The first-order chi connectivity index (χ1) is 10.1. The molecule has 1 fully saturated rings. The molecule has 5 heteroatoms. The Kier molecular flexibility index (Phi) is 5.42. The summed E-state index contributed by atoms with van der Waals surface area (Å²) in [4.78, 5) is 18.3. The smallest absolute Gasteiger partial charge is 0.317 e. The van der Waals surface area contributed by atoms with Crippen molar-refractivity contribution in [1.82, 2.24) is 15.2 Å². The number of nitrogens with zero attached hydrogens (tertiary/aromatic N) is 2. The van der Waals surface area contributed by atoms with Crippen LogP contribution in [0, 0.1) is 5.92 Å². The lowest BCUT2D eigenvalue weighted by Gasteiger charge is -2.31. The largest absolute Gasteiger partial charge is 0.475 e. The molecule has 1 saturated heterocycles. The van der Waals surface area contributed by atoms with E-state index in [1.807, 2.05) is 30.9 Å². The zero-order valence-electron chi connectivity index (χ0n) is 13.1. The van der Waals surface area contributed by atoms with Crippen LogP contribution in [-0.2, 0) is 6.54 Å². The molecule has 0 spiro atoms. The van der Waals surface area contributed by atoms with Crippen LogP contribution in [0.25, 0.3) is 0 Å². The minimum absolute atomic E-state index is 0.000833. The first-order valence-corrected chi connectivity index (χ1v) is 7.69.